The van der Waals surface area contributed by atoms with Gasteiger partial charge < -0.3 is 4.74 Å². The first-order chi connectivity index (χ1) is 12.0. The van der Waals surface area contributed by atoms with Crippen molar-refractivity contribution < 1.29 is 9.53 Å². The fourth-order valence-electron chi connectivity index (χ4n) is 2.21. The minimum absolute atomic E-state index is 0.0842. The maximum absolute atomic E-state index is 11.9. The molecule has 0 fully saturated rings. The number of nitrogens with zero attached hydrogens (tertiary/aromatic N) is 2. The van der Waals surface area contributed by atoms with Crippen LogP contribution >= 0.6 is 11.3 Å². The molecule has 0 aliphatic carbocycles. The van der Waals surface area contributed by atoms with E-state index in [2.05, 4.69) is 15.5 Å². The SMILES string of the molecule is C/C(=N/NC(=O)COc1ccc(C)c(C)c1)c1nc2ccccc2s1. The Labute approximate surface area is 150 Å². The summed E-state index contributed by atoms with van der Waals surface area (Å²) in [6.07, 6.45) is 0. The second kappa shape index (κ2) is 7.44. The maximum Gasteiger partial charge on any atom is 0.277 e. The average molecular weight is 353 g/mol. The van der Waals surface area contributed by atoms with Gasteiger partial charge in [-0.3, -0.25) is 4.79 Å². The van der Waals surface area contributed by atoms with Crippen LogP contribution in [0.4, 0.5) is 0 Å². The highest BCUT2D eigenvalue weighted by Crippen LogP contribution is 2.21. The van der Waals surface area contributed by atoms with E-state index >= 15 is 0 Å². The van der Waals surface area contributed by atoms with Gasteiger partial charge in [-0.25, -0.2) is 10.4 Å². The Morgan fingerprint density at radius 3 is 2.76 bits per heavy atom. The van der Waals surface area contributed by atoms with Crippen LogP contribution in [-0.4, -0.2) is 23.2 Å². The summed E-state index contributed by atoms with van der Waals surface area (Å²) in [5.74, 6) is 0.365. The molecule has 1 amide bonds. The minimum atomic E-state index is -0.307. The molecule has 3 aromatic rings. The molecule has 1 heterocycles. The first kappa shape index (κ1) is 17.1. The summed E-state index contributed by atoms with van der Waals surface area (Å²) in [6, 6.07) is 13.6. The molecule has 6 heteroatoms. The van der Waals surface area contributed by atoms with E-state index in [0.717, 1.165) is 20.8 Å². The number of benzene rings is 2. The number of ether oxygens (including phenoxy) is 1. The normalized spacial score (nSPS) is 11.6. The predicted molar refractivity (Wildman–Crippen MR) is 101 cm³/mol. The van der Waals surface area contributed by atoms with Crippen LogP contribution in [0, 0.1) is 13.8 Å². The number of rotatable bonds is 5. The number of hydrogen-bond donors (Lipinski definition) is 1. The summed E-state index contributed by atoms with van der Waals surface area (Å²) in [6.45, 7) is 5.78. The van der Waals surface area contributed by atoms with Crippen molar-refractivity contribution >= 4 is 33.2 Å². The number of amides is 1. The summed E-state index contributed by atoms with van der Waals surface area (Å²) >= 11 is 1.55. The third-order valence-electron chi connectivity index (χ3n) is 3.80. The molecule has 1 aromatic heterocycles. The van der Waals surface area contributed by atoms with E-state index in [0.29, 0.717) is 11.5 Å². The molecular formula is C19H19N3O2S. The van der Waals surface area contributed by atoms with Gasteiger partial charge in [0.15, 0.2) is 6.61 Å². The summed E-state index contributed by atoms with van der Waals surface area (Å²) < 4.78 is 6.59. The largest absolute Gasteiger partial charge is 0.484 e. The topological polar surface area (TPSA) is 63.6 Å². The molecule has 0 bridgehead atoms. The lowest BCUT2D eigenvalue weighted by atomic mass is 10.1. The molecule has 0 spiro atoms. The lowest BCUT2D eigenvalue weighted by molar-refractivity contribution is -0.123. The number of thiazole rings is 1. The number of hydrazone groups is 1. The van der Waals surface area contributed by atoms with Gasteiger partial charge >= 0.3 is 0 Å². The predicted octanol–water partition coefficient (Wildman–Crippen LogP) is 3.83. The van der Waals surface area contributed by atoms with E-state index in [1.54, 1.807) is 11.3 Å². The third-order valence-corrected chi connectivity index (χ3v) is 4.95. The molecule has 1 N–H and O–H groups in total. The van der Waals surface area contributed by atoms with Gasteiger partial charge in [0.2, 0.25) is 0 Å². The highest BCUT2D eigenvalue weighted by Gasteiger charge is 2.07. The van der Waals surface area contributed by atoms with Gasteiger partial charge in [-0.1, -0.05) is 18.2 Å². The Balaban J connectivity index is 1.58. The van der Waals surface area contributed by atoms with Crippen LogP contribution in [0.3, 0.4) is 0 Å². The van der Waals surface area contributed by atoms with Gasteiger partial charge in [-0.15, -0.1) is 11.3 Å². The molecule has 0 radical (unpaired) electrons. The minimum Gasteiger partial charge on any atom is -0.484 e. The number of aromatic nitrogens is 1. The Kier molecular flexibility index (Phi) is 5.09. The van der Waals surface area contributed by atoms with Gasteiger partial charge in [0.25, 0.3) is 5.91 Å². The van der Waals surface area contributed by atoms with Crippen LogP contribution in [0.2, 0.25) is 0 Å². The van der Waals surface area contributed by atoms with Crippen molar-refractivity contribution in [3.63, 3.8) is 0 Å². The number of carbonyl (C=O) groups is 1. The second-order valence-corrected chi connectivity index (χ2v) is 6.78. The molecule has 3 rings (SSSR count). The van der Waals surface area contributed by atoms with Crippen molar-refractivity contribution in [1.82, 2.24) is 10.4 Å². The Hall–Kier alpha value is -2.73. The smallest absolute Gasteiger partial charge is 0.277 e. The summed E-state index contributed by atoms with van der Waals surface area (Å²) in [4.78, 5) is 16.4. The third kappa shape index (κ3) is 4.22. The zero-order valence-corrected chi connectivity index (χ0v) is 15.2. The van der Waals surface area contributed by atoms with Gasteiger partial charge in [-0.2, -0.15) is 5.10 Å². The zero-order chi connectivity index (χ0) is 17.8. The molecule has 0 aliphatic heterocycles. The van der Waals surface area contributed by atoms with Crippen molar-refractivity contribution in [3.05, 3.63) is 58.6 Å². The molecule has 5 nitrogen and oxygen atoms in total. The summed E-state index contributed by atoms with van der Waals surface area (Å²) in [5, 5.41) is 4.91. The maximum atomic E-state index is 11.9. The fourth-order valence-corrected chi connectivity index (χ4v) is 3.12. The molecule has 25 heavy (non-hydrogen) atoms. The number of aryl methyl sites for hydroxylation is 2. The van der Waals surface area contributed by atoms with Gasteiger partial charge in [-0.05, 0) is 56.2 Å². The number of fused-ring (bicyclic) bond motifs is 1. The Bertz CT molecular complexity index is 914. The van der Waals surface area contributed by atoms with Gasteiger partial charge in [0.1, 0.15) is 10.8 Å². The number of carbonyl (C=O) groups excluding carboxylic acids is 1. The molecule has 0 atom stereocenters. The first-order valence-electron chi connectivity index (χ1n) is 7.92. The zero-order valence-electron chi connectivity index (χ0n) is 14.4. The van der Waals surface area contributed by atoms with Crippen LogP contribution in [-0.2, 0) is 4.79 Å². The van der Waals surface area contributed by atoms with Crippen molar-refractivity contribution in [3.8, 4) is 5.75 Å². The second-order valence-electron chi connectivity index (χ2n) is 5.75. The van der Waals surface area contributed by atoms with Gasteiger partial charge in [0, 0.05) is 0 Å². The van der Waals surface area contributed by atoms with Crippen molar-refractivity contribution in [2.24, 2.45) is 5.10 Å². The van der Waals surface area contributed by atoms with E-state index in [4.69, 9.17) is 4.74 Å². The Morgan fingerprint density at radius 2 is 2.00 bits per heavy atom. The molecule has 2 aromatic carbocycles. The van der Waals surface area contributed by atoms with E-state index < -0.39 is 0 Å². The fraction of sp³-hybridized carbons (Fsp3) is 0.211. The summed E-state index contributed by atoms with van der Waals surface area (Å²) in [5.41, 5.74) is 6.43. The highest BCUT2D eigenvalue weighted by molar-refractivity contribution is 7.20. The van der Waals surface area contributed by atoms with Gasteiger partial charge in [0.05, 0.1) is 15.9 Å². The van der Waals surface area contributed by atoms with Crippen LogP contribution in [0.5, 0.6) is 5.75 Å². The molecule has 0 saturated carbocycles. The molecule has 0 aliphatic rings. The van der Waals surface area contributed by atoms with E-state index in [1.165, 1.54) is 5.56 Å². The summed E-state index contributed by atoms with van der Waals surface area (Å²) in [7, 11) is 0. The quantitative estimate of drug-likeness (QED) is 0.560. The van der Waals surface area contributed by atoms with Crippen LogP contribution in [0.25, 0.3) is 10.2 Å². The van der Waals surface area contributed by atoms with Crippen molar-refractivity contribution in [1.29, 1.82) is 0 Å². The lowest BCUT2D eigenvalue weighted by Gasteiger charge is -2.07. The number of nitrogens with one attached hydrogen (secondary N) is 1. The van der Waals surface area contributed by atoms with Crippen molar-refractivity contribution in [2.75, 3.05) is 6.61 Å². The molecule has 0 saturated heterocycles. The van der Waals surface area contributed by atoms with Crippen LogP contribution < -0.4 is 10.2 Å². The molecule has 0 unspecified atom stereocenters. The average Bonchev–Trinajstić information content (AvgIpc) is 3.05. The first-order valence-corrected chi connectivity index (χ1v) is 8.74. The number of hydrogen-bond acceptors (Lipinski definition) is 5. The number of para-hydroxylation sites is 1. The lowest BCUT2D eigenvalue weighted by Crippen LogP contribution is -2.25. The van der Waals surface area contributed by atoms with E-state index in [-0.39, 0.29) is 12.5 Å². The van der Waals surface area contributed by atoms with Crippen LogP contribution in [0.15, 0.2) is 47.6 Å². The van der Waals surface area contributed by atoms with E-state index in [1.807, 2.05) is 63.2 Å². The molecular weight excluding hydrogens is 334 g/mol. The monoisotopic (exact) mass is 353 g/mol. The Morgan fingerprint density at radius 1 is 1.20 bits per heavy atom. The highest BCUT2D eigenvalue weighted by atomic mass is 32.1. The van der Waals surface area contributed by atoms with E-state index in [9.17, 15) is 4.79 Å². The standard InChI is InChI=1S/C19H19N3O2S/c1-12-8-9-15(10-13(12)2)24-11-18(23)22-21-14(3)19-20-16-6-4-5-7-17(16)25-19/h4-10H,11H2,1-3H3,(H,22,23)/b21-14-. The van der Waals surface area contributed by atoms with Crippen LogP contribution in [0.1, 0.15) is 23.1 Å². The van der Waals surface area contributed by atoms with Crippen molar-refractivity contribution in [2.45, 2.75) is 20.8 Å². The molecule has 128 valence electrons.